The van der Waals surface area contributed by atoms with Crippen LogP contribution in [0.3, 0.4) is 0 Å². The van der Waals surface area contributed by atoms with Crippen LogP contribution in [0.1, 0.15) is 45.1 Å². The van der Waals surface area contributed by atoms with Crippen molar-refractivity contribution in [3.05, 3.63) is 11.8 Å². The minimum atomic E-state index is -3.48. The summed E-state index contributed by atoms with van der Waals surface area (Å²) in [5, 5.41) is 9.98. The Hall–Kier alpha value is -0.920. The third kappa shape index (κ3) is 3.21. The number of rotatable bonds is 5. The first kappa shape index (κ1) is 15.5. The van der Waals surface area contributed by atoms with Crippen molar-refractivity contribution in [2.75, 3.05) is 13.1 Å². The molecule has 1 saturated heterocycles. The molecule has 1 aliphatic heterocycles. The van der Waals surface area contributed by atoms with E-state index in [9.17, 15) is 8.42 Å². The van der Waals surface area contributed by atoms with Crippen LogP contribution in [0, 0.1) is 0 Å². The highest BCUT2D eigenvalue weighted by Gasteiger charge is 2.32. The zero-order valence-electron chi connectivity index (χ0n) is 12.2. The van der Waals surface area contributed by atoms with Gasteiger partial charge in [0, 0.05) is 24.7 Å². The Kier molecular flexibility index (Phi) is 5.17. The first-order valence-electron chi connectivity index (χ1n) is 7.32. The lowest BCUT2D eigenvalue weighted by Gasteiger charge is -2.25. The van der Waals surface area contributed by atoms with Gasteiger partial charge in [0.15, 0.2) is 5.03 Å². The van der Waals surface area contributed by atoms with Crippen LogP contribution in [0.2, 0.25) is 0 Å². The summed E-state index contributed by atoms with van der Waals surface area (Å²) >= 11 is 0. The van der Waals surface area contributed by atoms with Gasteiger partial charge in [0.1, 0.15) is 0 Å². The number of nitrogens with zero attached hydrogens (tertiary/aromatic N) is 2. The Morgan fingerprint density at radius 3 is 3.00 bits per heavy atom. The third-order valence-electron chi connectivity index (χ3n) is 3.80. The molecular weight excluding hydrogens is 276 g/mol. The van der Waals surface area contributed by atoms with Gasteiger partial charge in [-0.05, 0) is 26.3 Å². The lowest BCUT2D eigenvalue weighted by Crippen LogP contribution is -2.38. The smallest absolute Gasteiger partial charge is 0.260 e. The topological polar surface area (TPSA) is 78.1 Å². The first-order chi connectivity index (χ1) is 9.57. The highest BCUT2D eigenvalue weighted by molar-refractivity contribution is 7.89. The summed E-state index contributed by atoms with van der Waals surface area (Å²) in [5.41, 5.74) is 0.711. The summed E-state index contributed by atoms with van der Waals surface area (Å²) in [4.78, 5) is 0. The van der Waals surface area contributed by atoms with E-state index < -0.39 is 10.0 Å². The molecule has 0 amide bonds. The molecule has 0 aliphatic carbocycles. The van der Waals surface area contributed by atoms with Crippen molar-refractivity contribution in [1.82, 2.24) is 19.8 Å². The number of hydrogen-bond acceptors (Lipinski definition) is 4. The van der Waals surface area contributed by atoms with E-state index in [2.05, 4.69) is 15.5 Å². The van der Waals surface area contributed by atoms with Crippen molar-refractivity contribution < 1.29 is 8.42 Å². The quantitative estimate of drug-likeness (QED) is 0.863. The van der Waals surface area contributed by atoms with Crippen molar-refractivity contribution in [1.29, 1.82) is 0 Å². The van der Waals surface area contributed by atoms with Crippen LogP contribution in [-0.2, 0) is 16.6 Å². The van der Waals surface area contributed by atoms with E-state index in [1.54, 1.807) is 10.5 Å². The summed E-state index contributed by atoms with van der Waals surface area (Å²) in [5.74, 6) is 0. The highest BCUT2D eigenvalue weighted by Crippen LogP contribution is 2.25. The van der Waals surface area contributed by atoms with Crippen LogP contribution < -0.4 is 5.32 Å². The normalized spacial score (nSPS) is 21.8. The average molecular weight is 300 g/mol. The number of aromatic amines is 1. The molecular formula is C13H24N4O2S. The van der Waals surface area contributed by atoms with E-state index in [0.717, 1.165) is 32.2 Å². The molecule has 1 aromatic rings. The number of sulfonamides is 1. The molecule has 2 heterocycles. The Morgan fingerprint density at radius 1 is 1.45 bits per heavy atom. The number of hydrogen-bond donors (Lipinski definition) is 2. The van der Waals surface area contributed by atoms with Crippen LogP contribution >= 0.6 is 0 Å². The summed E-state index contributed by atoms with van der Waals surface area (Å²) < 4.78 is 27.3. The van der Waals surface area contributed by atoms with Crippen LogP contribution in [0.25, 0.3) is 0 Å². The Balaban J connectivity index is 2.27. The van der Waals surface area contributed by atoms with E-state index >= 15 is 0 Å². The fraction of sp³-hybridized carbons (Fsp3) is 0.769. The number of aromatic nitrogens is 2. The van der Waals surface area contributed by atoms with Gasteiger partial charge in [-0.1, -0.05) is 19.8 Å². The lowest BCUT2D eigenvalue weighted by atomic mass is 10.1. The molecule has 20 heavy (non-hydrogen) atoms. The second kappa shape index (κ2) is 6.69. The van der Waals surface area contributed by atoms with Crippen molar-refractivity contribution in [2.24, 2.45) is 0 Å². The molecule has 0 saturated carbocycles. The maximum atomic E-state index is 12.8. The minimum absolute atomic E-state index is 0.0535. The van der Waals surface area contributed by atoms with Crippen molar-refractivity contribution >= 4 is 10.0 Å². The predicted octanol–water partition coefficient (Wildman–Crippen LogP) is 1.47. The van der Waals surface area contributed by atoms with Gasteiger partial charge in [-0.3, -0.25) is 5.10 Å². The molecule has 0 bridgehead atoms. The van der Waals surface area contributed by atoms with Gasteiger partial charge in [0.05, 0.1) is 6.20 Å². The standard InChI is InChI=1S/C13H24N4O2S/c1-3-14-9-12-10-15-16-13(12)20(18,19)17-8-6-4-5-7-11(17)2/h10-11,14H,3-9H2,1-2H3,(H,15,16). The predicted molar refractivity (Wildman–Crippen MR) is 77.8 cm³/mol. The van der Waals surface area contributed by atoms with Crippen LogP contribution in [0.5, 0.6) is 0 Å². The van der Waals surface area contributed by atoms with Gasteiger partial charge in [-0.2, -0.15) is 9.40 Å². The fourth-order valence-corrected chi connectivity index (χ4v) is 4.44. The van der Waals surface area contributed by atoms with E-state index in [-0.39, 0.29) is 11.1 Å². The first-order valence-corrected chi connectivity index (χ1v) is 8.76. The van der Waals surface area contributed by atoms with Gasteiger partial charge in [-0.25, -0.2) is 8.42 Å². The van der Waals surface area contributed by atoms with Crippen molar-refractivity contribution in [2.45, 2.75) is 57.1 Å². The zero-order chi connectivity index (χ0) is 14.6. The molecule has 1 aliphatic rings. The largest absolute Gasteiger partial charge is 0.313 e. The fourth-order valence-electron chi connectivity index (χ4n) is 2.63. The minimum Gasteiger partial charge on any atom is -0.313 e. The summed E-state index contributed by atoms with van der Waals surface area (Å²) in [6, 6.07) is 0.0535. The molecule has 1 atom stereocenters. The van der Waals surface area contributed by atoms with Crippen LogP contribution in [-0.4, -0.2) is 42.1 Å². The molecule has 2 N–H and O–H groups in total. The van der Waals surface area contributed by atoms with Crippen molar-refractivity contribution in [3.8, 4) is 0 Å². The molecule has 0 aromatic carbocycles. The monoisotopic (exact) mass is 300 g/mol. The molecule has 1 unspecified atom stereocenters. The zero-order valence-corrected chi connectivity index (χ0v) is 13.0. The van der Waals surface area contributed by atoms with Crippen molar-refractivity contribution in [3.63, 3.8) is 0 Å². The summed E-state index contributed by atoms with van der Waals surface area (Å²) in [6.45, 7) is 5.89. The van der Waals surface area contributed by atoms with E-state index in [4.69, 9.17) is 0 Å². The van der Waals surface area contributed by atoms with E-state index in [1.165, 1.54) is 0 Å². The summed E-state index contributed by atoms with van der Waals surface area (Å²) in [6.07, 6.45) is 5.65. The van der Waals surface area contributed by atoms with Gasteiger partial charge in [0.25, 0.3) is 10.0 Å². The third-order valence-corrected chi connectivity index (χ3v) is 5.83. The molecule has 114 valence electrons. The molecule has 1 fully saturated rings. The van der Waals surface area contributed by atoms with Crippen LogP contribution in [0.4, 0.5) is 0 Å². The van der Waals surface area contributed by atoms with Gasteiger partial charge < -0.3 is 5.32 Å². The van der Waals surface area contributed by atoms with Gasteiger partial charge >= 0.3 is 0 Å². The lowest BCUT2D eigenvalue weighted by molar-refractivity contribution is 0.340. The molecule has 0 spiro atoms. The van der Waals surface area contributed by atoms with Crippen LogP contribution in [0.15, 0.2) is 11.2 Å². The Labute approximate surface area is 121 Å². The average Bonchev–Trinajstić information content (AvgIpc) is 2.78. The molecule has 6 nitrogen and oxygen atoms in total. The van der Waals surface area contributed by atoms with Gasteiger partial charge in [0.2, 0.25) is 0 Å². The molecule has 7 heteroatoms. The second-order valence-corrected chi connectivity index (χ2v) is 7.15. The highest BCUT2D eigenvalue weighted by atomic mass is 32.2. The Bertz CT molecular complexity index is 526. The number of H-pyrrole nitrogens is 1. The van der Waals surface area contributed by atoms with Gasteiger partial charge in [-0.15, -0.1) is 0 Å². The summed E-state index contributed by atoms with van der Waals surface area (Å²) in [7, 11) is -3.48. The molecule has 1 aromatic heterocycles. The SMILES string of the molecule is CCNCc1cn[nH]c1S(=O)(=O)N1CCCCCC1C. The number of nitrogens with one attached hydrogen (secondary N) is 2. The second-order valence-electron chi connectivity index (χ2n) is 5.32. The van der Waals surface area contributed by atoms with E-state index in [1.807, 2.05) is 13.8 Å². The Morgan fingerprint density at radius 2 is 2.25 bits per heavy atom. The molecule has 0 radical (unpaired) electrons. The molecule has 2 rings (SSSR count). The maximum absolute atomic E-state index is 12.8. The van der Waals surface area contributed by atoms with E-state index in [0.29, 0.717) is 18.7 Å². The maximum Gasteiger partial charge on any atom is 0.260 e.